The standard InChI is InChI=1S/C19H27N3O3S/c1-4-25-19(24)16(21-18(23)15(20)9-10-26-3)11-13-12-22(2)17-8-6-5-7-14(13)17/h5-8,12,15-16H,4,9-11,20H2,1-3H3,(H,21,23). The van der Waals surface area contributed by atoms with Crippen LogP contribution in [0.4, 0.5) is 0 Å². The summed E-state index contributed by atoms with van der Waals surface area (Å²) in [5, 5.41) is 3.84. The van der Waals surface area contributed by atoms with Crippen LogP contribution >= 0.6 is 11.8 Å². The molecule has 1 amide bonds. The number of ether oxygens (including phenoxy) is 1. The maximum Gasteiger partial charge on any atom is 0.328 e. The smallest absolute Gasteiger partial charge is 0.328 e. The minimum absolute atomic E-state index is 0.263. The molecule has 1 aromatic carbocycles. The van der Waals surface area contributed by atoms with E-state index < -0.39 is 18.1 Å². The Labute approximate surface area is 158 Å². The lowest BCUT2D eigenvalue weighted by Crippen LogP contribution is -2.50. The lowest BCUT2D eigenvalue weighted by Gasteiger charge is -2.19. The zero-order chi connectivity index (χ0) is 19.1. The molecule has 2 aromatic rings. The summed E-state index contributed by atoms with van der Waals surface area (Å²) < 4.78 is 7.16. The number of fused-ring (bicyclic) bond motifs is 1. The van der Waals surface area contributed by atoms with Crippen molar-refractivity contribution in [2.45, 2.75) is 31.8 Å². The van der Waals surface area contributed by atoms with Crippen molar-refractivity contribution in [2.75, 3.05) is 18.6 Å². The molecule has 2 atom stereocenters. The van der Waals surface area contributed by atoms with Crippen molar-refractivity contribution in [3.8, 4) is 0 Å². The Morgan fingerprint density at radius 1 is 1.35 bits per heavy atom. The Kier molecular flexibility index (Phi) is 7.53. The van der Waals surface area contributed by atoms with Crippen molar-refractivity contribution in [1.29, 1.82) is 0 Å². The molecule has 0 saturated carbocycles. The first-order valence-corrected chi connectivity index (χ1v) is 10.1. The molecule has 26 heavy (non-hydrogen) atoms. The van der Waals surface area contributed by atoms with Crippen molar-refractivity contribution in [2.24, 2.45) is 12.8 Å². The van der Waals surface area contributed by atoms with Gasteiger partial charge in [-0.05, 0) is 37.0 Å². The first kappa shape index (κ1) is 20.3. The molecule has 0 saturated heterocycles. The van der Waals surface area contributed by atoms with E-state index in [9.17, 15) is 9.59 Å². The summed E-state index contributed by atoms with van der Waals surface area (Å²) in [7, 11) is 1.96. The molecule has 6 nitrogen and oxygen atoms in total. The first-order valence-electron chi connectivity index (χ1n) is 8.72. The maximum atomic E-state index is 12.4. The third-order valence-electron chi connectivity index (χ3n) is 4.26. The zero-order valence-corrected chi connectivity index (χ0v) is 16.3. The summed E-state index contributed by atoms with van der Waals surface area (Å²) in [5.74, 6) is 0.0327. The number of amides is 1. The maximum absolute atomic E-state index is 12.4. The van der Waals surface area contributed by atoms with Gasteiger partial charge < -0.3 is 20.4 Å². The van der Waals surface area contributed by atoms with Gasteiger partial charge in [0, 0.05) is 30.6 Å². The topological polar surface area (TPSA) is 86.3 Å². The highest BCUT2D eigenvalue weighted by Gasteiger charge is 2.26. The Balaban J connectivity index is 2.19. The van der Waals surface area contributed by atoms with E-state index in [1.165, 1.54) is 0 Å². The van der Waals surface area contributed by atoms with Crippen LogP contribution in [-0.4, -0.2) is 47.1 Å². The third kappa shape index (κ3) is 5.02. The van der Waals surface area contributed by atoms with E-state index in [1.807, 2.05) is 48.3 Å². The molecular weight excluding hydrogens is 350 g/mol. The van der Waals surface area contributed by atoms with E-state index in [1.54, 1.807) is 18.7 Å². The molecule has 2 rings (SSSR count). The Morgan fingerprint density at radius 2 is 2.08 bits per heavy atom. The van der Waals surface area contributed by atoms with Gasteiger partial charge in [-0.25, -0.2) is 4.79 Å². The molecule has 0 aliphatic carbocycles. The summed E-state index contributed by atoms with van der Waals surface area (Å²) >= 11 is 1.63. The van der Waals surface area contributed by atoms with E-state index in [4.69, 9.17) is 10.5 Å². The number of aromatic nitrogens is 1. The molecule has 1 heterocycles. The fraction of sp³-hybridized carbons (Fsp3) is 0.474. The number of para-hydroxylation sites is 1. The van der Waals surface area contributed by atoms with Gasteiger partial charge in [0.2, 0.25) is 5.91 Å². The van der Waals surface area contributed by atoms with Gasteiger partial charge in [-0.15, -0.1) is 0 Å². The normalized spacial score (nSPS) is 13.4. The molecule has 0 aliphatic rings. The van der Waals surface area contributed by atoms with Gasteiger partial charge in [0.25, 0.3) is 0 Å². The van der Waals surface area contributed by atoms with Crippen LogP contribution in [0.15, 0.2) is 30.5 Å². The number of carbonyl (C=O) groups excluding carboxylic acids is 2. The number of rotatable bonds is 9. The van der Waals surface area contributed by atoms with E-state index in [0.29, 0.717) is 12.8 Å². The van der Waals surface area contributed by atoms with Crippen molar-refractivity contribution in [1.82, 2.24) is 9.88 Å². The molecule has 0 aliphatic heterocycles. The van der Waals surface area contributed by atoms with Gasteiger partial charge in [0.05, 0.1) is 12.6 Å². The molecule has 0 bridgehead atoms. The molecule has 142 valence electrons. The Bertz CT molecular complexity index is 760. The zero-order valence-electron chi connectivity index (χ0n) is 15.5. The van der Waals surface area contributed by atoms with Crippen LogP contribution in [0.2, 0.25) is 0 Å². The fourth-order valence-electron chi connectivity index (χ4n) is 2.90. The average molecular weight is 378 g/mol. The number of carbonyl (C=O) groups is 2. The van der Waals surface area contributed by atoms with Gasteiger partial charge in [0.1, 0.15) is 6.04 Å². The molecule has 2 unspecified atom stereocenters. The van der Waals surface area contributed by atoms with E-state index >= 15 is 0 Å². The van der Waals surface area contributed by atoms with Gasteiger partial charge in [-0.3, -0.25) is 4.79 Å². The quantitative estimate of drug-likeness (QED) is 0.651. The van der Waals surface area contributed by atoms with Crippen LogP contribution in [0.3, 0.4) is 0 Å². The first-order chi connectivity index (χ1) is 12.5. The molecule has 7 heteroatoms. The highest BCUT2D eigenvalue weighted by atomic mass is 32.2. The predicted octanol–water partition coefficient (Wildman–Crippen LogP) is 1.85. The SMILES string of the molecule is CCOC(=O)C(Cc1cn(C)c2ccccc12)NC(=O)C(N)CCSC. The van der Waals surface area contributed by atoms with Crippen molar-refractivity contribution in [3.63, 3.8) is 0 Å². The number of thioether (sulfide) groups is 1. The lowest BCUT2D eigenvalue weighted by molar-refractivity contribution is -0.147. The lowest BCUT2D eigenvalue weighted by atomic mass is 10.0. The highest BCUT2D eigenvalue weighted by Crippen LogP contribution is 2.22. The Hall–Kier alpha value is -1.99. The van der Waals surface area contributed by atoms with Gasteiger partial charge in [-0.1, -0.05) is 18.2 Å². The van der Waals surface area contributed by atoms with E-state index in [0.717, 1.165) is 22.2 Å². The Morgan fingerprint density at radius 3 is 2.77 bits per heavy atom. The van der Waals surface area contributed by atoms with E-state index in [2.05, 4.69) is 5.32 Å². The largest absolute Gasteiger partial charge is 0.464 e. The van der Waals surface area contributed by atoms with Gasteiger partial charge >= 0.3 is 5.97 Å². The van der Waals surface area contributed by atoms with Crippen molar-refractivity contribution < 1.29 is 14.3 Å². The van der Waals surface area contributed by atoms with Crippen LogP contribution in [-0.2, 0) is 27.8 Å². The van der Waals surface area contributed by atoms with Crippen LogP contribution in [0.1, 0.15) is 18.9 Å². The number of esters is 1. The number of nitrogens with one attached hydrogen (secondary N) is 1. The molecule has 0 radical (unpaired) electrons. The van der Waals surface area contributed by atoms with Gasteiger partial charge in [0.15, 0.2) is 0 Å². The minimum Gasteiger partial charge on any atom is -0.464 e. The summed E-state index contributed by atoms with van der Waals surface area (Å²) in [6.45, 7) is 2.01. The van der Waals surface area contributed by atoms with Crippen molar-refractivity contribution in [3.05, 3.63) is 36.0 Å². The molecule has 1 aromatic heterocycles. The summed E-state index contributed by atoms with van der Waals surface area (Å²) in [6, 6.07) is 6.58. The number of benzene rings is 1. The second-order valence-corrected chi connectivity index (χ2v) is 7.17. The monoisotopic (exact) mass is 377 g/mol. The highest BCUT2D eigenvalue weighted by molar-refractivity contribution is 7.98. The number of aryl methyl sites for hydroxylation is 1. The summed E-state index contributed by atoms with van der Waals surface area (Å²) in [4.78, 5) is 24.7. The molecular formula is C19H27N3O3S. The molecule has 3 N–H and O–H groups in total. The number of nitrogens with two attached hydrogens (primary N) is 1. The summed E-state index contributed by atoms with van der Waals surface area (Å²) in [6.07, 6.45) is 4.88. The van der Waals surface area contributed by atoms with Crippen LogP contribution < -0.4 is 11.1 Å². The number of nitrogens with zero attached hydrogens (tertiary/aromatic N) is 1. The van der Waals surface area contributed by atoms with E-state index in [-0.39, 0.29) is 12.5 Å². The third-order valence-corrected chi connectivity index (χ3v) is 4.90. The van der Waals surface area contributed by atoms with Crippen LogP contribution in [0.25, 0.3) is 10.9 Å². The second-order valence-electron chi connectivity index (χ2n) is 6.19. The minimum atomic E-state index is -0.756. The average Bonchev–Trinajstić information content (AvgIpc) is 2.95. The predicted molar refractivity (Wildman–Crippen MR) is 106 cm³/mol. The van der Waals surface area contributed by atoms with Crippen LogP contribution in [0.5, 0.6) is 0 Å². The molecule has 0 fully saturated rings. The number of hydrogen-bond donors (Lipinski definition) is 2. The summed E-state index contributed by atoms with van der Waals surface area (Å²) in [5.41, 5.74) is 7.99. The fourth-order valence-corrected chi connectivity index (χ4v) is 3.39. The van der Waals surface area contributed by atoms with Crippen LogP contribution in [0, 0.1) is 0 Å². The van der Waals surface area contributed by atoms with Gasteiger partial charge in [-0.2, -0.15) is 11.8 Å². The molecule has 0 spiro atoms. The second kappa shape index (κ2) is 9.64. The van der Waals surface area contributed by atoms with Crippen molar-refractivity contribution >= 4 is 34.5 Å². The number of hydrogen-bond acceptors (Lipinski definition) is 5.